The van der Waals surface area contributed by atoms with Gasteiger partial charge in [0.25, 0.3) is 0 Å². The van der Waals surface area contributed by atoms with Crippen LogP contribution in [0.4, 0.5) is 0 Å². The molecule has 0 spiro atoms. The summed E-state index contributed by atoms with van der Waals surface area (Å²) in [5, 5.41) is 7.83. The normalized spacial score (nSPS) is 10.7. The number of carbonyl (C=O) groups is 2. The number of hydrogen-bond acceptors (Lipinski definition) is 4. The van der Waals surface area contributed by atoms with Crippen molar-refractivity contribution in [2.24, 2.45) is 5.41 Å². The highest BCUT2D eigenvalue weighted by Crippen LogP contribution is 2.16. The van der Waals surface area contributed by atoms with E-state index in [9.17, 15) is 9.59 Å². The lowest BCUT2D eigenvalue weighted by molar-refractivity contribution is -0.236. The third-order valence-corrected chi connectivity index (χ3v) is 1.02. The van der Waals surface area contributed by atoms with Crippen LogP contribution in [-0.2, 0) is 14.5 Å². The fourth-order valence-corrected chi connectivity index (χ4v) is 0.446. The molecular formula is C6H10O4. The molecule has 0 amide bonds. The van der Waals surface area contributed by atoms with E-state index in [4.69, 9.17) is 5.26 Å². The van der Waals surface area contributed by atoms with Crippen molar-refractivity contribution in [1.29, 1.82) is 0 Å². The molecule has 0 atom stereocenters. The molecule has 0 aliphatic rings. The van der Waals surface area contributed by atoms with Gasteiger partial charge >= 0.3 is 5.97 Å². The van der Waals surface area contributed by atoms with Crippen LogP contribution in [0.25, 0.3) is 0 Å². The van der Waals surface area contributed by atoms with Crippen molar-refractivity contribution in [3.63, 3.8) is 0 Å². The van der Waals surface area contributed by atoms with E-state index in [0.717, 1.165) is 0 Å². The van der Waals surface area contributed by atoms with Gasteiger partial charge in [-0.1, -0.05) is 13.8 Å². The summed E-state index contributed by atoms with van der Waals surface area (Å²) in [6.07, 6.45) is 0.539. The Morgan fingerprint density at radius 1 is 1.70 bits per heavy atom. The van der Waals surface area contributed by atoms with Gasteiger partial charge in [0.15, 0.2) is 0 Å². The average molecular weight is 146 g/mol. The molecule has 0 heterocycles. The molecule has 58 valence electrons. The summed E-state index contributed by atoms with van der Waals surface area (Å²) >= 11 is 0. The van der Waals surface area contributed by atoms with Crippen LogP contribution >= 0.6 is 0 Å². The fraction of sp³-hybridized carbons (Fsp3) is 0.667. The second-order valence-electron chi connectivity index (χ2n) is 2.75. The monoisotopic (exact) mass is 146 g/mol. The van der Waals surface area contributed by atoms with Gasteiger partial charge in [-0.15, -0.1) is 0 Å². The molecule has 10 heavy (non-hydrogen) atoms. The van der Waals surface area contributed by atoms with Gasteiger partial charge in [0, 0.05) is 5.41 Å². The summed E-state index contributed by atoms with van der Waals surface area (Å²) in [6, 6.07) is 0. The van der Waals surface area contributed by atoms with E-state index < -0.39 is 11.4 Å². The van der Waals surface area contributed by atoms with E-state index in [1.54, 1.807) is 13.8 Å². The van der Waals surface area contributed by atoms with Crippen LogP contribution in [-0.4, -0.2) is 17.5 Å². The largest absolute Gasteiger partial charge is 0.343 e. The van der Waals surface area contributed by atoms with E-state index >= 15 is 0 Å². The Morgan fingerprint density at radius 2 is 2.20 bits per heavy atom. The molecule has 1 N–H and O–H groups in total. The topological polar surface area (TPSA) is 63.6 Å². The second kappa shape index (κ2) is 3.31. The van der Waals surface area contributed by atoms with Crippen molar-refractivity contribution < 1.29 is 19.7 Å². The number of rotatable bonds is 3. The maximum atomic E-state index is 10.4. The Bertz CT molecular complexity index is 139. The van der Waals surface area contributed by atoms with E-state index in [0.29, 0.717) is 6.29 Å². The molecule has 0 aliphatic carbocycles. The first-order valence-electron chi connectivity index (χ1n) is 2.82. The highest BCUT2D eigenvalue weighted by molar-refractivity contribution is 5.74. The zero-order valence-electron chi connectivity index (χ0n) is 5.96. The first kappa shape index (κ1) is 9.10. The highest BCUT2D eigenvalue weighted by Gasteiger charge is 2.21. The molecule has 4 nitrogen and oxygen atoms in total. The van der Waals surface area contributed by atoms with Gasteiger partial charge in [-0.05, 0) is 0 Å². The minimum Gasteiger partial charge on any atom is -0.303 e. The first-order chi connectivity index (χ1) is 4.52. The van der Waals surface area contributed by atoms with Crippen molar-refractivity contribution >= 4 is 12.3 Å². The third kappa shape index (κ3) is 3.19. The molecule has 0 aromatic carbocycles. The predicted octanol–water partition coefficient (Wildman–Crippen LogP) is 0.618. The molecule has 0 aliphatic heterocycles. The van der Waals surface area contributed by atoms with Crippen molar-refractivity contribution in [2.75, 3.05) is 0 Å². The molecule has 0 aromatic heterocycles. The summed E-state index contributed by atoms with van der Waals surface area (Å²) in [5.74, 6) is -0.794. The molecule has 0 fully saturated rings. The molecule has 4 heteroatoms. The van der Waals surface area contributed by atoms with Crippen molar-refractivity contribution in [3.05, 3.63) is 0 Å². The molecule has 0 saturated heterocycles. The van der Waals surface area contributed by atoms with Gasteiger partial charge in [-0.25, -0.2) is 4.79 Å². The minimum absolute atomic E-state index is 0.104. The summed E-state index contributed by atoms with van der Waals surface area (Å²) < 4.78 is 0. The van der Waals surface area contributed by atoms with Crippen LogP contribution in [0.1, 0.15) is 20.3 Å². The van der Waals surface area contributed by atoms with Crippen LogP contribution in [0.5, 0.6) is 0 Å². The smallest absolute Gasteiger partial charge is 0.303 e. The zero-order chi connectivity index (χ0) is 8.20. The summed E-state index contributed by atoms with van der Waals surface area (Å²) in [7, 11) is 0. The standard InChI is InChI=1S/C6H10O4/c1-6(2,4-7)3-5(8)10-9/h4,9H,3H2,1-2H3. The quantitative estimate of drug-likeness (QED) is 0.360. The molecule has 0 rings (SSSR count). The van der Waals surface area contributed by atoms with Gasteiger partial charge in [0.2, 0.25) is 0 Å². The molecule has 0 radical (unpaired) electrons. The van der Waals surface area contributed by atoms with Crippen molar-refractivity contribution in [3.8, 4) is 0 Å². The van der Waals surface area contributed by atoms with E-state index in [1.807, 2.05) is 0 Å². The number of aldehydes is 1. The molecule has 0 saturated carbocycles. The van der Waals surface area contributed by atoms with Gasteiger partial charge < -0.3 is 9.68 Å². The van der Waals surface area contributed by atoms with E-state index in [-0.39, 0.29) is 6.42 Å². The molecule has 0 bridgehead atoms. The minimum atomic E-state index is -0.794. The first-order valence-corrected chi connectivity index (χ1v) is 2.82. The highest BCUT2D eigenvalue weighted by atomic mass is 17.1. The number of carbonyl (C=O) groups excluding carboxylic acids is 2. The fourth-order valence-electron chi connectivity index (χ4n) is 0.446. The lowest BCUT2D eigenvalue weighted by atomic mass is 9.92. The summed E-state index contributed by atoms with van der Waals surface area (Å²) in [6.45, 7) is 3.16. The van der Waals surface area contributed by atoms with Crippen LogP contribution in [0, 0.1) is 5.41 Å². The average Bonchev–Trinajstić information content (AvgIpc) is 1.87. The lowest BCUT2D eigenvalue weighted by Crippen LogP contribution is -2.19. The van der Waals surface area contributed by atoms with Gasteiger partial charge in [0.05, 0.1) is 6.42 Å². The van der Waals surface area contributed by atoms with Gasteiger partial charge in [-0.2, -0.15) is 5.26 Å². The summed E-state index contributed by atoms with van der Waals surface area (Å²) in [4.78, 5) is 23.9. The SMILES string of the molecule is CC(C)(C=O)CC(=O)OO. The Hall–Kier alpha value is -0.900. The van der Waals surface area contributed by atoms with E-state index in [2.05, 4.69) is 4.89 Å². The number of hydrogen-bond donors (Lipinski definition) is 1. The Balaban J connectivity index is 3.88. The maximum Gasteiger partial charge on any atom is 0.343 e. The van der Waals surface area contributed by atoms with Crippen LogP contribution < -0.4 is 0 Å². The van der Waals surface area contributed by atoms with Crippen LogP contribution in [0.15, 0.2) is 0 Å². The predicted molar refractivity (Wildman–Crippen MR) is 33.2 cm³/mol. The molecular weight excluding hydrogens is 136 g/mol. The van der Waals surface area contributed by atoms with Crippen LogP contribution in [0.3, 0.4) is 0 Å². The van der Waals surface area contributed by atoms with Crippen molar-refractivity contribution in [2.45, 2.75) is 20.3 Å². The van der Waals surface area contributed by atoms with Gasteiger partial charge in [-0.3, -0.25) is 0 Å². The summed E-state index contributed by atoms with van der Waals surface area (Å²) in [5.41, 5.74) is -0.750. The third-order valence-electron chi connectivity index (χ3n) is 1.02. The Labute approximate surface area is 58.7 Å². The van der Waals surface area contributed by atoms with Gasteiger partial charge in [0.1, 0.15) is 6.29 Å². The van der Waals surface area contributed by atoms with Crippen LogP contribution in [0.2, 0.25) is 0 Å². The maximum absolute atomic E-state index is 10.4. The van der Waals surface area contributed by atoms with Crippen molar-refractivity contribution in [1.82, 2.24) is 0 Å². The Morgan fingerprint density at radius 3 is 2.50 bits per heavy atom. The Kier molecular flexibility index (Phi) is 3.02. The zero-order valence-corrected chi connectivity index (χ0v) is 5.96. The lowest BCUT2D eigenvalue weighted by Gasteiger charge is -2.12. The molecule has 0 aromatic rings. The molecule has 0 unspecified atom stereocenters. The second-order valence-corrected chi connectivity index (χ2v) is 2.75. The van der Waals surface area contributed by atoms with E-state index in [1.165, 1.54) is 0 Å².